The lowest BCUT2D eigenvalue weighted by atomic mass is 9.97. The zero-order valence-electron chi connectivity index (χ0n) is 12.6. The minimum atomic E-state index is 0.791. The Kier molecular flexibility index (Phi) is 4.62. The van der Waals surface area contributed by atoms with Crippen LogP contribution in [0.1, 0.15) is 18.5 Å². The van der Waals surface area contributed by atoms with E-state index in [-0.39, 0.29) is 0 Å². The molecule has 2 heterocycles. The van der Waals surface area contributed by atoms with Crippen molar-refractivity contribution in [1.82, 2.24) is 25.2 Å². The molecule has 1 aromatic carbocycles. The van der Waals surface area contributed by atoms with Crippen molar-refractivity contribution < 1.29 is 0 Å². The molecule has 112 valence electrons. The molecule has 1 aromatic heterocycles. The molecule has 1 N–H and O–H groups in total. The van der Waals surface area contributed by atoms with E-state index in [2.05, 4.69) is 27.5 Å². The van der Waals surface area contributed by atoms with E-state index in [0.29, 0.717) is 0 Å². The van der Waals surface area contributed by atoms with Gasteiger partial charge in [-0.25, -0.2) is 0 Å². The average Bonchev–Trinajstić information content (AvgIpc) is 2.99. The second kappa shape index (κ2) is 6.83. The number of piperidine rings is 1. The monoisotopic (exact) mass is 285 g/mol. The summed E-state index contributed by atoms with van der Waals surface area (Å²) in [5, 5.41) is 12.3. The van der Waals surface area contributed by atoms with Crippen molar-refractivity contribution in [2.24, 2.45) is 5.92 Å². The fourth-order valence-corrected chi connectivity index (χ4v) is 2.73. The molecule has 0 unspecified atom stereocenters. The first-order chi connectivity index (χ1) is 10.3. The van der Waals surface area contributed by atoms with Gasteiger partial charge in [-0.05, 0) is 57.6 Å². The summed E-state index contributed by atoms with van der Waals surface area (Å²) in [5.74, 6) is 0.797. The number of hydrogen-bond acceptors (Lipinski definition) is 4. The molecule has 0 amide bonds. The maximum Gasteiger partial charge on any atom is 0.0969 e. The molecule has 0 aliphatic carbocycles. The summed E-state index contributed by atoms with van der Waals surface area (Å²) >= 11 is 0. The van der Waals surface area contributed by atoms with E-state index in [0.717, 1.165) is 30.4 Å². The third-order valence-corrected chi connectivity index (χ3v) is 4.10. The van der Waals surface area contributed by atoms with Crippen LogP contribution in [-0.4, -0.2) is 46.6 Å². The third-order valence-electron chi connectivity index (χ3n) is 4.10. The summed E-state index contributed by atoms with van der Waals surface area (Å²) in [6, 6.07) is 10.0. The fourth-order valence-electron chi connectivity index (χ4n) is 2.73. The minimum Gasteiger partial charge on any atom is -0.311 e. The maximum atomic E-state index is 4.51. The molecule has 5 heteroatoms. The smallest absolute Gasteiger partial charge is 0.0969 e. The number of nitrogens with zero attached hydrogens (tertiary/aromatic N) is 4. The molecule has 1 aliphatic heterocycles. The lowest BCUT2D eigenvalue weighted by Gasteiger charge is -2.28. The number of likely N-dealkylation sites (tertiary alicyclic amines) is 1. The van der Waals surface area contributed by atoms with Gasteiger partial charge in [0.25, 0.3) is 0 Å². The first kappa shape index (κ1) is 14.2. The van der Waals surface area contributed by atoms with Gasteiger partial charge in [-0.3, -0.25) is 0 Å². The molecule has 21 heavy (non-hydrogen) atoms. The first-order valence-electron chi connectivity index (χ1n) is 7.67. The van der Waals surface area contributed by atoms with Crippen LogP contribution in [0.2, 0.25) is 0 Å². The van der Waals surface area contributed by atoms with Gasteiger partial charge in [-0.15, -0.1) is 0 Å². The van der Waals surface area contributed by atoms with Crippen LogP contribution in [0.25, 0.3) is 5.69 Å². The van der Waals surface area contributed by atoms with Gasteiger partial charge in [0.05, 0.1) is 17.6 Å². The normalized spacial score (nSPS) is 17.2. The molecule has 0 saturated carbocycles. The Morgan fingerprint density at radius 1 is 1.19 bits per heavy atom. The Morgan fingerprint density at radius 3 is 2.71 bits per heavy atom. The van der Waals surface area contributed by atoms with Crippen molar-refractivity contribution in [1.29, 1.82) is 0 Å². The zero-order valence-corrected chi connectivity index (χ0v) is 12.6. The highest BCUT2D eigenvalue weighted by Crippen LogP contribution is 2.14. The zero-order chi connectivity index (χ0) is 14.5. The van der Waals surface area contributed by atoms with Gasteiger partial charge < -0.3 is 10.2 Å². The predicted molar refractivity (Wildman–Crippen MR) is 83.3 cm³/mol. The van der Waals surface area contributed by atoms with Gasteiger partial charge >= 0.3 is 0 Å². The van der Waals surface area contributed by atoms with Crippen LogP contribution in [-0.2, 0) is 6.54 Å². The van der Waals surface area contributed by atoms with Crippen LogP contribution in [0.4, 0.5) is 0 Å². The van der Waals surface area contributed by atoms with Crippen LogP contribution < -0.4 is 5.32 Å². The van der Waals surface area contributed by atoms with E-state index >= 15 is 0 Å². The molecule has 0 atom stereocenters. The van der Waals surface area contributed by atoms with E-state index in [1.807, 2.05) is 36.5 Å². The number of aromatic nitrogens is 3. The highest BCUT2D eigenvalue weighted by atomic mass is 15.5. The van der Waals surface area contributed by atoms with E-state index in [1.165, 1.54) is 25.9 Å². The van der Waals surface area contributed by atoms with Crippen molar-refractivity contribution in [2.45, 2.75) is 19.4 Å². The predicted octanol–water partition coefficient (Wildman–Crippen LogP) is 1.70. The molecule has 0 spiro atoms. The van der Waals surface area contributed by atoms with Crippen LogP contribution in [0.3, 0.4) is 0 Å². The van der Waals surface area contributed by atoms with E-state index in [4.69, 9.17) is 0 Å². The Morgan fingerprint density at radius 2 is 1.95 bits per heavy atom. The van der Waals surface area contributed by atoms with Crippen molar-refractivity contribution in [3.8, 4) is 5.69 Å². The summed E-state index contributed by atoms with van der Waals surface area (Å²) in [6.07, 6.45) is 4.43. The van der Waals surface area contributed by atoms with Crippen LogP contribution in [0, 0.1) is 5.92 Å². The molecule has 1 fully saturated rings. The average molecular weight is 285 g/mol. The molecule has 5 nitrogen and oxygen atoms in total. The van der Waals surface area contributed by atoms with E-state index in [9.17, 15) is 0 Å². The van der Waals surface area contributed by atoms with Crippen molar-refractivity contribution >= 4 is 0 Å². The topological polar surface area (TPSA) is 46.0 Å². The number of benzene rings is 1. The van der Waals surface area contributed by atoms with Gasteiger partial charge in [0.1, 0.15) is 0 Å². The standard InChI is InChI=1S/C16H23N5/c1-20-9-7-14(8-10-20)11-17-12-15-13-18-21(19-15)16-5-3-2-4-6-16/h2-6,13-14,17H,7-12H2,1H3. The lowest BCUT2D eigenvalue weighted by molar-refractivity contribution is 0.216. The molecule has 0 radical (unpaired) electrons. The fraction of sp³-hybridized carbons (Fsp3) is 0.500. The number of rotatable bonds is 5. The Hall–Kier alpha value is -1.72. The third kappa shape index (κ3) is 3.89. The molecule has 2 aromatic rings. The van der Waals surface area contributed by atoms with Crippen molar-refractivity contribution in [3.63, 3.8) is 0 Å². The molecule has 1 aliphatic rings. The van der Waals surface area contributed by atoms with Crippen molar-refractivity contribution in [3.05, 3.63) is 42.2 Å². The number of para-hydroxylation sites is 1. The summed E-state index contributed by atoms with van der Waals surface area (Å²) in [7, 11) is 2.20. The van der Waals surface area contributed by atoms with E-state index in [1.54, 1.807) is 4.80 Å². The summed E-state index contributed by atoms with van der Waals surface area (Å²) in [4.78, 5) is 4.09. The summed E-state index contributed by atoms with van der Waals surface area (Å²) in [5.41, 5.74) is 1.99. The van der Waals surface area contributed by atoms with Crippen molar-refractivity contribution in [2.75, 3.05) is 26.7 Å². The molecule has 0 bridgehead atoms. The summed E-state index contributed by atoms with van der Waals surface area (Å²) in [6.45, 7) is 4.30. The largest absolute Gasteiger partial charge is 0.311 e. The van der Waals surface area contributed by atoms with Gasteiger partial charge in [-0.2, -0.15) is 15.0 Å². The Balaban J connectivity index is 1.47. The Labute approximate surface area is 126 Å². The van der Waals surface area contributed by atoms with Crippen LogP contribution >= 0.6 is 0 Å². The molecular formula is C16H23N5. The maximum absolute atomic E-state index is 4.51. The second-order valence-corrected chi connectivity index (χ2v) is 5.84. The molecular weight excluding hydrogens is 262 g/mol. The highest BCUT2D eigenvalue weighted by Gasteiger charge is 2.16. The van der Waals surface area contributed by atoms with Crippen LogP contribution in [0.15, 0.2) is 36.5 Å². The van der Waals surface area contributed by atoms with Gasteiger partial charge in [-0.1, -0.05) is 18.2 Å². The highest BCUT2D eigenvalue weighted by molar-refractivity contribution is 5.28. The van der Waals surface area contributed by atoms with Gasteiger partial charge in [0, 0.05) is 6.54 Å². The van der Waals surface area contributed by atoms with Crippen LogP contribution in [0.5, 0.6) is 0 Å². The number of hydrogen-bond donors (Lipinski definition) is 1. The van der Waals surface area contributed by atoms with E-state index < -0.39 is 0 Å². The quantitative estimate of drug-likeness (QED) is 0.908. The SMILES string of the molecule is CN1CCC(CNCc2cnn(-c3ccccc3)n2)CC1. The molecule has 3 rings (SSSR count). The number of nitrogens with one attached hydrogen (secondary N) is 1. The minimum absolute atomic E-state index is 0.791. The van der Waals surface area contributed by atoms with Gasteiger partial charge in [0.2, 0.25) is 0 Å². The second-order valence-electron chi connectivity index (χ2n) is 5.84. The Bertz CT molecular complexity index is 543. The summed E-state index contributed by atoms with van der Waals surface area (Å²) < 4.78 is 0. The lowest BCUT2D eigenvalue weighted by Crippen LogP contribution is -2.34. The first-order valence-corrected chi connectivity index (χ1v) is 7.67. The van der Waals surface area contributed by atoms with Gasteiger partial charge in [0.15, 0.2) is 0 Å². The molecule has 1 saturated heterocycles.